The highest BCUT2D eigenvalue weighted by atomic mass is 16.7. The molecule has 2 heterocycles. The fourth-order valence-corrected chi connectivity index (χ4v) is 2.33. The normalized spacial score (nSPS) is 13.5. The van der Waals surface area contributed by atoms with Crippen LogP contribution in [0.3, 0.4) is 0 Å². The van der Waals surface area contributed by atoms with E-state index in [9.17, 15) is 9.59 Å². The number of nitrogens with one attached hydrogen (secondary N) is 1. The van der Waals surface area contributed by atoms with Crippen molar-refractivity contribution in [1.82, 2.24) is 0 Å². The number of hydrogen-bond donors (Lipinski definition) is 1. The van der Waals surface area contributed by atoms with E-state index in [4.69, 9.17) is 18.6 Å². The highest BCUT2D eigenvalue weighted by Gasteiger charge is 2.22. The highest BCUT2D eigenvalue weighted by molar-refractivity contribution is 5.97. The first-order chi connectivity index (χ1) is 11.4. The maximum Gasteiger partial charge on any atom is 0.342 e. The topological polar surface area (TPSA) is 87.0 Å². The first-order valence-corrected chi connectivity index (χ1v) is 7.42. The van der Waals surface area contributed by atoms with Gasteiger partial charge in [0.15, 0.2) is 17.6 Å². The maximum absolute atomic E-state index is 12.2. The fraction of sp³-hybridized carbons (Fsp3) is 0.294. The maximum atomic E-state index is 12.2. The predicted molar refractivity (Wildman–Crippen MR) is 84.3 cm³/mol. The van der Waals surface area contributed by atoms with Gasteiger partial charge in [-0.1, -0.05) is 0 Å². The minimum absolute atomic E-state index is 0.157. The van der Waals surface area contributed by atoms with Gasteiger partial charge in [0.2, 0.25) is 6.79 Å². The second kappa shape index (κ2) is 6.27. The zero-order chi connectivity index (χ0) is 17.3. The molecule has 1 aromatic heterocycles. The number of rotatable bonds is 4. The summed E-state index contributed by atoms with van der Waals surface area (Å²) in [5.41, 5.74) is 0.845. The van der Waals surface area contributed by atoms with Gasteiger partial charge in [0.1, 0.15) is 17.1 Å². The third-order valence-corrected chi connectivity index (χ3v) is 3.55. The Balaban J connectivity index is 1.62. The summed E-state index contributed by atoms with van der Waals surface area (Å²) in [4.78, 5) is 24.3. The van der Waals surface area contributed by atoms with Gasteiger partial charge in [-0.2, -0.15) is 0 Å². The Kier molecular flexibility index (Phi) is 4.16. The fourth-order valence-electron chi connectivity index (χ4n) is 2.33. The molecule has 0 bridgehead atoms. The van der Waals surface area contributed by atoms with Crippen molar-refractivity contribution in [1.29, 1.82) is 0 Å². The Morgan fingerprint density at radius 1 is 1.17 bits per heavy atom. The minimum Gasteiger partial charge on any atom is -0.466 e. The number of benzene rings is 1. The van der Waals surface area contributed by atoms with Gasteiger partial charge in [-0.15, -0.1) is 0 Å². The smallest absolute Gasteiger partial charge is 0.342 e. The molecule has 1 unspecified atom stereocenters. The summed E-state index contributed by atoms with van der Waals surface area (Å²) in [7, 11) is 0. The van der Waals surface area contributed by atoms with Crippen molar-refractivity contribution in [3.8, 4) is 11.5 Å². The largest absolute Gasteiger partial charge is 0.466 e. The van der Waals surface area contributed by atoms with Crippen LogP contribution in [0.4, 0.5) is 5.69 Å². The molecule has 1 amide bonds. The first kappa shape index (κ1) is 15.9. The molecule has 7 heteroatoms. The van der Waals surface area contributed by atoms with E-state index in [0.29, 0.717) is 34.3 Å². The molecule has 7 nitrogen and oxygen atoms in total. The Hall–Kier alpha value is -2.96. The molecule has 24 heavy (non-hydrogen) atoms. The van der Waals surface area contributed by atoms with Gasteiger partial charge in [0, 0.05) is 11.8 Å². The third kappa shape index (κ3) is 3.19. The van der Waals surface area contributed by atoms with E-state index in [1.165, 1.54) is 6.92 Å². The van der Waals surface area contributed by atoms with E-state index in [2.05, 4.69) is 5.32 Å². The third-order valence-electron chi connectivity index (χ3n) is 3.55. The highest BCUT2D eigenvalue weighted by Crippen LogP contribution is 2.34. The lowest BCUT2D eigenvalue weighted by molar-refractivity contribution is -0.123. The lowest BCUT2D eigenvalue weighted by atomic mass is 10.2. The van der Waals surface area contributed by atoms with E-state index in [1.807, 2.05) is 0 Å². The Labute approximate surface area is 138 Å². The summed E-state index contributed by atoms with van der Waals surface area (Å²) in [5.74, 6) is 1.20. The van der Waals surface area contributed by atoms with Gasteiger partial charge in [0.05, 0.1) is 0 Å². The van der Waals surface area contributed by atoms with Crippen LogP contribution in [-0.2, 0) is 9.53 Å². The first-order valence-electron chi connectivity index (χ1n) is 7.42. The molecule has 2 aromatic rings. The Bertz CT molecular complexity index is 794. The number of esters is 1. The van der Waals surface area contributed by atoms with Crippen LogP contribution in [0.25, 0.3) is 0 Å². The van der Waals surface area contributed by atoms with Crippen molar-refractivity contribution in [2.24, 2.45) is 0 Å². The van der Waals surface area contributed by atoms with Crippen molar-refractivity contribution < 1.29 is 28.2 Å². The molecule has 0 spiro atoms. The average molecular weight is 331 g/mol. The van der Waals surface area contributed by atoms with Gasteiger partial charge in [-0.25, -0.2) is 4.79 Å². The molecular weight excluding hydrogens is 314 g/mol. The monoisotopic (exact) mass is 331 g/mol. The Morgan fingerprint density at radius 2 is 1.92 bits per heavy atom. The lowest BCUT2D eigenvalue weighted by Crippen LogP contribution is -2.30. The van der Waals surface area contributed by atoms with Crippen LogP contribution < -0.4 is 14.8 Å². The average Bonchev–Trinajstić information content (AvgIpc) is 3.12. The van der Waals surface area contributed by atoms with Crippen molar-refractivity contribution in [2.45, 2.75) is 26.9 Å². The number of fused-ring (bicyclic) bond motifs is 1. The van der Waals surface area contributed by atoms with Crippen LogP contribution in [-0.4, -0.2) is 24.8 Å². The van der Waals surface area contributed by atoms with E-state index >= 15 is 0 Å². The molecule has 1 atom stereocenters. The molecule has 0 fully saturated rings. The lowest BCUT2D eigenvalue weighted by Gasteiger charge is -2.13. The summed E-state index contributed by atoms with van der Waals surface area (Å²) in [6, 6.07) is 6.62. The van der Waals surface area contributed by atoms with Crippen LogP contribution >= 0.6 is 0 Å². The molecular formula is C17H17NO6. The molecule has 3 rings (SSSR count). The SMILES string of the molecule is Cc1cc(C(=O)OC(C)C(=O)Nc2ccc3c(c2)OCO3)c(C)o1. The molecule has 0 radical (unpaired) electrons. The summed E-state index contributed by atoms with van der Waals surface area (Å²) < 4.78 is 20.9. The van der Waals surface area contributed by atoms with Gasteiger partial charge in [-0.3, -0.25) is 4.79 Å². The van der Waals surface area contributed by atoms with Crippen molar-refractivity contribution in [2.75, 3.05) is 12.1 Å². The van der Waals surface area contributed by atoms with Gasteiger partial charge < -0.3 is 23.9 Å². The molecule has 1 N–H and O–H groups in total. The molecule has 0 aliphatic carbocycles. The van der Waals surface area contributed by atoms with Crippen LogP contribution in [0, 0.1) is 13.8 Å². The van der Waals surface area contributed by atoms with Gasteiger partial charge >= 0.3 is 5.97 Å². The minimum atomic E-state index is -0.961. The number of anilines is 1. The van der Waals surface area contributed by atoms with Crippen molar-refractivity contribution in [3.05, 3.63) is 41.3 Å². The zero-order valence-corrected chi connectivity index (χ0v) is 13.5. The van der Waals surface area contributed by atoms with E-state index < -0.39 is 18.0 Å². The molecule has 0 saturated heterocycles. The molecule has 1 aliphatic rings. The number of aryl methyl sites for hydroxylation is 2. The molecule has 0 saturated carbocycles. The van der Waals surface area contributed by atoms with Crippen LogP contribution in [0.1, 0.15) is 28.8 Å². The standard InChI is InChI=1S/C17H17NO6/c1-9-6-13(10(2)23-9)17(20)24-11(3)16(19)18-12-4-5-14-15(7-12)22-8-21-14/h4-7,11H,8H2,1-3H3,(H,18,19). The Morgan fingerprint density at radius 3 is 2.62 bits per heavy atom. The second-order valence-electron chi connectivity index (χ2n) is 5.43. The van der Waals surface area contributed by atoms with E-state index in [-0.39, 0.29) is 6.79 Å². The van der Waals surface area contributed by atoms with Crippen LogP contribution in [0.5, 0.6) is 11.5 Å². The number of carbonyl (C=O) groups is 2. The summed E-state index contributed by atoms with van der Waals surface area (Å²) >= 11 is 0. The van der Waals surface area contributed by atoms with E-state index in [0.717, 1.165) is 0 Å². The van der Waals surface area contributed by atoms with Crippen molar-refractivity contribution in [3.63, 3.8) is 0 Å². The predicted octanol–water partition coefficient (Wildman–Crippen LogP) is 2.81. The number of carbonyl (C=O) groups excluding carboxylic acids is 2. The number of hydrogen-bond acceptors (Lipinski definition) is 6. The second-order valence-corrected chi connectivity index (χ2v) is 5.43. The molecule has 1 aliphatic heterocycles. The van der Waals surface area contributed by atoms with E-state index in [1.54, 1.807) is 38.1 Å². The van der Waals surface area contributed by atoms with Crippen LogP contribution in [0.15, 0.2) is 28.7 Å². The number of amides is 1. The van der Waals surface area contributed by atoms with Crippen LogP contribution in [0.2, 0.25) is 0 Å². The summed E-state index contributed by atoms with van der Waals surface area (Å²) in [6.45, 7) is 5.06. The number of furan rings is 1. The molecule has 126 valence electrons. The quantitative estimate of drug-likeness (QED) is 0.867. The van der Waals surface area contributed by atoms with Gasteiger partial charge in [0.25, 0.3) is 5.91 Å². The van der Waals surface area contributed by atoms with Gasteiger partial charge in [-0.05, 0) is 39.0 Å². The number of ether oxygens (including phenoxy) is 3. The molecule has 1 aromatic carbocycles. The summed E-state index contributed by atoms with van der Waals surface area (Å²) in [5, 5.41) is 2.67. The summed E-state index contributed by atoms with van der Waals surface area (Å²) in [6.07, 6.45) is -0.961. The van der Waals surface area contributed by atoms with Crippen molar-refractivity contribution >= 4 is 17.6 Å². The zero-order valence-electron chi connectivity index (χ0n) is 13.5.